The number of amides is 3. The first kappa shape index (κ1) is 11.4. The molecule has 0 radical (unpaired) electrons. The van der Waals surface area contributed by atoms with Gasteiger partial charge in [-0.05, 0) is 30.7 Å². The molecule has 1 aliphatic rings. The number of nitrogens with zero attached hydrogens (tertiary/aromatic N) is 2. The van der Waals surface area contributed by atoms with E-state index in [0.717, 1.165) is 6.42 Å². The monoisotopic (exact) mass is 233 g/mol. The number of hydrogen-bond donors (Lipinski definition) is 1. The number of carbonyl (C=O) groups excluding carboxylic acids is 2. The van der Waals surface area contributed by atoms with Crippen molar-refractivity contribution >= 4 is 23.3 Å². The summed E-state index contributed by atoms with van der Waals surface area (Å²) in [6, 6.07) is 6.47. The lowest BCUT2D eigenvalue weighted by Crippen LogP contribution is -2.33. The molecular formula is C12H15N3O2. The van der Waals surface area contributed by atoms with E-state index in [1.54, 1.807) is 29.2 Å². The number of carbonyl (C=O) groups is 2. The van der Waals surface area contributed by atoms with E-state index in [1.165, 1.54) is 4.90 Å². The molecule has 2 N–H and O–H groups in total. The highest BCUT2D eigenvalue weighted by Gasteiger charge is 2.36. The molecule has 5 nitrogen and oxygen atoms in total. The van der Waals surface area contributed by atoms with Gasteiger partial charge in [0.2, 0.25) is 0 Å². The van der Waals surface area contributed by atoms with E-state index in [4.69, 9.17) is 5.73 Å². The van der Waals surface area contributed by atoms with Gasteiger partial charge in [-0.25, -0.2) is 9.69 Å². The van der Waals surface area contributed by atoms with Crippen molar-refractivity contribution in [2.75, 3.05) is 23.7 Å². The minimum atomic E-state index is -0.248. The molecule has 2 rings (SSSR count). The summed E-state index contributed by atoms with van der Waals surface area (Å²) < 4.78 is 0. The van der Waals surface area contributed by atoms with Gasteiger partial charge >= 0.3 is 6.03 Å². The van der Waals surface area contributed by atoms with Crippen LogP contribution in [0, 0.1) is 0 Å². The summed E-state index contributed by atoms with van der Waals surface area (Å²) in [5, 5.41) is 0. The fourth-order valence-corrected chi connectivity index (χ4v) is 1.87. The maximum Gasteiger partial charge on any atom is 0.331 e. The van der Waals surface area contributed by atoms with Crippen LogP contribution in [0.4, 0.5) is 16.2 Å². The van der Waals surface area contributed by atoms with E-state index in [1.807, 2.05) is 6.92 Å². The normalized spacial score (nSPS) is 15.8. The van der Waals surface area contributed by atoms with E-state index >= 15 is 0 Å². The molecule has 0 saturated carbocycles. The summed E-state index contributed by atoms with van der Waals surface area (Å²) >= 11 is 0. The van der Waals surface area contributed by atoms with Crippen molar-refractivity contribution in [3.8, 4) is 0 Å². The highest BCUT2D eigenvalue weighted by atomic mass is 16.2. The quantitative estimate of drug-likeness (QED) is 0.634. The number of urea groups is 1. The van der Waals surface area contributed by atoms with Gasteiger partial charge in [0.25, 0.3) is 5.91 Å². The molecule has 3 amide bonds. The van der Waals surface area contributed by atoms with Crippen LogP contribution in [0.1, 0.15) is 13.3 Å². The van der Waals surface area contributed by atoms with Crippen molar-refractivity contribution in [2.24, 2.45) is 0 Å². The van der Waals surface area contributed by atoms with Crippen LogP contribution in [-0.4, -0.2) is 29.9 Å². The highest BCUT2D eigenvalue weighted by molar-refractivity contribution is 6.19. The zero-order valence-corrected chi connectivity index (χ0v) is 9.72. The molecule has 1 saturated heterocycles. The van der Waals surface area contributed by atoms with Gasteiger partial charge in [-0.15, -0.1) is 0 Å². The van der Waals surface area contributed by atoms with Gasteiger partial charge in [-0.2, -0.15) is 0 Å². The Morgan fingerprint density at radius 3 is 2.47 bits per heavy atom. The second kappa shape index (κ2) is 4.45. The van der Waals surface area contributed by atoms with Gasteiger partial charge in [0.15, 0.2) is 0 Å². The summed E-state index contributed by atoms with van der Waals surface area (Å²) in [6.45, 7) is 2.75. The lowest BCUT2D eigenvalue weighted by Gasteiger charge is -2.16. The lowest BCUT2D eigenvalue weighted by molar-refractivity contribution is -0.116. The summed E-state index contributed by atoms with van der Waals surface area (Å²) in [5.41, 5.74) is 6.76. The molecule has 0 aromatic heterocycles. The third kappa shape index (κ3) is 2.08. The van der Waals surface area contributed by atoms with Crippen molar-refractivity contribution in [1.82, 2.24) is 4.90 Å². The van der Waals surface area contributed by atoms with Crippen LogP contribution in [0.2, 0.25) is 0 Å². The molecule has 0 spiro atoms. The fourth-order valence-electron chi connectivity index (χ4n) is 1.87. The smallest absolute Gasteiger partial charge is 0.331 e. The van der Waals surface area contributed by atoms with Crippen LogP contribution in [0.3, 0.4) is 0 Å². The Morgan fingerprint density at radius 2 is 1.88 bits per heavy atom. The van der Waals surface area contributed by atoms with E-state index in [0.29, 0.717) is 17.9 Å². The van der Waals surface area contributed by atoms with Crippen LogP contribution in [0.15, 0.2) is 24.3 Å². The Balaban J connectivity index is 2.24. The molecule has 1 aromatic carbocycles. The topological polar surface area (TPSA) is 66.6 Å². The number of nitrogen functional groups attached to an aromatic ring is 1. The molecule has 5 heteroatoms. The van der Waals surface area contributed by atoms with Gasteiger partial charge in [0.1, 0.15) is 6.54 Å². The molecule has 90 valence electrons. The van der Waals surface area contributed by atoms with Gasteiger partial charge in [0.05, 0.1) is 5.69 Å². The maximum atomic E-state index is 12.0. The molecule has 1 aromatic rings. The van der Waals surface area contributed by atoms with Crippen LogP contribution in [-0.2, 0) is 4.79 Å². The van der Waals surface area contributed by atoms with Gasteiger partial charge in [0, 0.05) is 12.2 Å². The SMILES string of the molecule is CCCN1CC(=O)N(c2ccc(N)cc2)C1=O. The van der Waals surface area contributed by atoms with Crippen LogP contribution in [0.5, 0.6) is 0 Å². The Hall–Kier alpha value is -2.04. The summed E-state index contributed by atoms with van der Waals surface area (Å²) in [6.07, 6.45) is 0.842. The number of nitrogens with two attached hydrogens (primary N) is 1. The van der Waals surface area contributed by atoms with Crippen molar-refractivity contribution in [3.63, 3.8) is 0 Å². The molecule has 1 heterocycles. The summed E-state index contributed by atoms with van der Waals surface area (Å²) in [4.78, 5) is 26.5. The van der Waals surface area contributed by atoms with E-state index in [-0.39, 0.29) is 18.5 Å². The van der Waals surface area contributed by atoms with Crippen molar-refractivity contribution in [1.29, 1.82) is 0 Å². The van der Waals surface area contributed by atoms with Crippen LogP contribution < -0.4 is 10.6 Å². The average Bonchev–Trinajstić information content (AvgIpc) is 2.57. The molecule has 0 aliphatic carbocycles. The summed E-state index contributed by atoms with van der Waals surface area (Å²) in [7, 11) is 0. The van der Waals surface area contributed by atoms with Crippen molar-refractivity contribution in [2.45, 2.75) is 13.3 Å². The first-order valence-electron chi connectivity index (χ1n) is 5.61. The minimum Gasteiger partial charge on any atom is -0.399 e. The Morgan fingerprint density at radius 1 is 1.24 bits per heavy atom. The first-order chi connectivity index (χ1) is 8.13. The summed E-state index contributed by atoms with van der Waals surface area (Å²) in [5.74, 6) is -0.187. The molecule has 0 atom stereocenters. The lowest BCUT2D eigenvalue weighted by atomic mass is 10.2. The molecule has 0 unspecified atom stereocenters. The minimum absolute atomic E-state index is 0.164. The third-order valence-electron chi connectivity index (χ3n) is 2.68. The average molecular weight is 233 g/mol. The van der Waals surface area contributed by atoms with Gasteiger partial charge < -0.3 is 10.6 Å². The number of anilines is 2. The Bertz CT molecular complexity index is 442. The fraction of sp³-hybridized carbons (Fsp3) is 0.333. The van der Waals surface area contributed by atoms with Gasteiger partial charge in [-0.3, -0.25) is 4.79 Å². The molecule has 1 aliphatic heterocycles. The first-order valence-corrected chi connectivity index (χ1v) is 5.61. The molecule has 17 heavy (non-hydrogen) atoms. The van der Waals surface area contributed by atoms with Crippen molar-refractivity contribution < 1.29 is 9.59 Å². The van der Waals surface area contributed by atoms with E-state index < -0.39 is 0 Å². The predicted octanol–water partition coefficient (Wildman–Crippen LogP) is 1.45. The van der Waals surface area contributed by atoms with Crippen molar-refractivity contribution in [3.05, 3.63) is 24.3 Å². The Labute approximate surface area is 99.8 Å². The number of benzene rings is 1. The number of rotatable bonds is 3. The Kier molecular flexibility index (Phi) is 2.99. The van der Waals surface area contributed by atoms with E-state index in [9.17, 15) is 9.59 Å². The molecule has 0 bridgehead atoms. The molecule has 1 fully saturated rings. The zero-order valence-electron chi connectivity index (χ0n) is 9.72. The second-order valence-corrected chi connectivity index (χ2v) is 4.02. The number of hydrogen-bond acceptors (Lipinski definition) is 3. The number of imide groups is 1. The maximum absolute atomic E-state index is 12.0. The van der Waals surface area contributed by atoms with Crippen LogP contribution >= 0.6 is 0 Å². The van der Waals surface area contributed by atoms with Gasteiger partial charge in [-0.1, -0.05) is 6.92 Å². The molecular weight excluding hydrogens is 218 g/mol. The predicted molar refractivity (Wildman–Crippen MR) is 65.6 cm³/mol. The second-order valence-electron chi connectivity index (χ2n) is 4.02. The highest BCUT2D eigenvalue weighted by Crippen LogP contribution is 2.22. The standard InChI is InChI=1S/C12H15N3O2/c1-2-7-14-8-11(16)15(12(14)17)10-5-3-9(13)4-6-10/h3-6H,2,7-8,13H2,1H3. The van der Waals surface area contributed by atoms with E-state index in [2.05, 4.69) is 0 Å². The third-order valence-corrected chi connectivity index (χ3v) is 2.68. The largest absolute Gasteiger partial charge is 0.399 e. The zero-order chi connectivity index (χ0) is 12.4. The van der Waals surface area contributed by atoms with Crippen LogP contribution in [0.25, 0.3) is 0 Å².